The Hall–Kier alpha value is -1.63. The first-order chi connectivity index (χ1) is 8.87. The van der Waals surface area contributed by atoms with Crippen LogP contribution in [0.3, 0.4) is 0 Å². The lowest BCUT2D eigenvalue weighted by atomic mass is 9.81. The molecule has 5 N–H and O–H groups in total. The van der Waals surface area contributed by atoms with Gasteiger partial charge < -0.3 is 21.3 Å². The summed E-state index contributed by atoms with van der Waals surface area (Å²) in [6.07, 6.45) is 3.01. The quantitative estimate of drug-likeness (QED) is 0.542. The van der Waals surface area contributed by atoms with Crippen LogP contribution in [0.25, 0.3) is 0 Å². The van der Waals surface area contributed by atoms with Crippen LogP contribution in [0.5, 0.6) is 0 Å². The highest BCUT2D eigenvalue weighted by atomic mass is 16.4. The van der Waals surface area contributed by atoms with Gasteiger partial charge in [-0.2, -0.15) is 0 Å². The summed E-state index contributed by atoms with van der Waals surface area (Å²) in [6.45, 7) is 0. The average molecular weight is 272 g/mol. The molecule has 0 radical (unpaired) electrons. The Morgan fingerprint density at radius 2 is 1.74 bits per heavy atom. The van der Waals surface area contributed by atoms with Gasteiger partial charge in [-0.1, -0.05) is 19.3 Å². The van der Waals surface area contributed by atoms with Crippen LogP contribution in [0.2, 0.25) is 0 Å². The van der Waals surface area contributed by atoms with E-state index in [2.05, 4.69) is 5.32 Å². The summed E-state index contributed by atoms with van der Waals surface area (Å²) in [5.41, 5.74) is 4.33. The van der Waals surface area contributed by atoms with E-state index in [4.69, 9.17) is 10.8 Å². The first kappa shape index (κ1) is 15.4. The van der Waals surface area contributed by atoms with Crippen molar-refractivity contribution in [1.82, 2.24) is 5.32 Å². The number of aliphatic carboxylic acids is 2. The highest BCUT2D eigenvalue weighted by molar-refractivity contribution is 5.89. The molecule has 0 aromatic carbocycles. The van der Waals surface area contributed by atoms with Gasteiger partial charge in [-0.15, -0.1) is 0 Å². The lowest BCUT2D eigenvalue weighted by Crippen LogP contribution is -2.59. The Labute approximate surface area is 111 Å². The van der Waals surface area contributed by atoms with Crippen LogP contribution in [0.4, 0.5) is 0 Å². The number of amides is 1. The molecule has 108 valence electrons. The summed E-state index contributed by atoms with van der Waals surface area (Å²) < 4.78 is 0. The van der Waals surface area contributed by atoms with Gasteiger partial charge in [-0.3, -0.25) is 9.59 Å². The monoisotopic (exact) mass is 272 g/mol. The summed E-state index contributed by atoms with van der Waals surface area (Å²) >= 11 is 0. The molecule has 1 amide bonds. The van der Waals surface area contributed by atoms with Gasteiger partial charge in [-0.05, 0) is 19.3 Å². The molecule has 1 rings (SSSR count). The number of hydrogen-bond acceptors (Lipinski definition) is 4. The predicted molar refractivity (Wildman–Crippen MR) is 66.4 cm³/mol. The molecule has 1 atom stereocenters. The molecular formula is C12H20N2O5. The van der Waals surface area contributed by atoms with Crippen LogP contribution in [0.1, 0.15) is 44.9 Å². The highest BCUT2D eigenvalue weighted by Crippen LogP contribution is 2.28. The van der Waals surface area contributed by atoms with E-state index in [1.165, 1.54) is 0 Å². The number of rotatable bonds is 6. The Balaban J connectivity index is 2.61. The molecule has 19 heavy (non-hydrogen) atoms. The molecule has 0 aliphatic heterocycles. The van der Waals surface area contributed by atoms with Crippen LogP contribution >= 0.6 is 0 Å². The summed E-state index contributed by atoms with van der Waals surface area (Å²) in [4.78, 5) is 33.6. The number of nitrogens with two attached hydrogens (primary N) is 1. The Morgan fingerprint density at radius 3 is 2.21 bits per heavy atom. The lowest BCUT2D eigenvalue weighted by Gasteiger charge is -2.34. The zero-order chi connectivity index (χ0) is 14.5. The standard InChI is InChI=1S/C12H20N2O5/c13-8(4-5-9(15)16)10(17)14-12(11(18)19)6-2-1-3-7-12/h8H,1-7,13H2,(H,14,17)(H,15,16)(H,18,19). The van der Waals surface area contributed by atoms with Crippen LogP contribution in [-0.2, 0) is 14.4 Å². The van der Waals surface area contributed by atoms with Crippen molar-refractivity contribution >= 4 is 17.8 Å². The minimum absolute atomic E-state index is 0.00311. The van der Waals surface area contributed by atoms with E-state index in [1.807, 2.05) is 0 Å². The van der Waals surface area contributed by atoms with Crippen LogP contribution < -0.4 is 11.1 Å². The van der Waals surface area contributed by atoms with E-state index >= 15 is 0 Å². The molecule has 0 aromatic rings. The summed E-state index contributed by atoms with van der Waals surface area (Å²) in [5.74, 6) is -2.68. The average Bonchev–Trinajstić information content (AvgIpc) is 2.36. The van der Waals surface area contributed by atoms with Crippen molar-refractivity contribution in [3.8, 4) is 0 Å². The largest absolute Gasteiger partial charge is 0.481 e. The van der Waals surface area contributed by atoms with Gasteiger partial charge in [0.15, 0.2) is 0 Å². The normalized spacial score (nSPS) is 19.4. The van der Waals surface area contributed by atoms with E-state index in [1.54, 1.807) is 0 Å². The molecule has 1 unspecified atom stereocenters. The van der Waals surface area contributed by atoms with Gasteiger partial charge >= 0.3 is 11.9 Å². The van der Waals surface area contributed by atoms with E-state index < -0.39 is 29.4 Å². The first-order valence-corrected chi connectivity index (χ1v) is 6.40. The molecule has 7 heteroatoms. The van der Waals surface area contributed by atoms with Gasteiger partial charge in [-0.25, -0.2) is 4.79 Å². The van der Waals surface area contributed by atoms with Crippen molar-refractivity contribution in [3.05, 3.63) is 0 Å². The summed E-state index contributed by atoms with van der Waals surface area (Å²) in [6, 6.07) is -0.991. The van der Waals surface area contributed by atoms with E-state index in [0.717, 1.165) is 19.3 Å². The van der Waals surface area contributed by atoms with Gasteiger partial charge in [0.1, 0.15) is 5.54 Å². The molecule has 0 heterocycles. The molecule has 0 spiro atoms. The van der Waals surface area contributed by atoms with Crippen molar-refractivity contribution in [2.75, 3.05) is 0 Å². The predicted octanol–water partition coefficient (Wildman–Crippen LogP) is 0.0822. The molecular weight excluding hydrogens is 252 g/mol. The minimum atomic E-state index is -1.24. The molecule has 1 aliphatic carbocycles. The van der Waals surface area contributed by atoms with Crippen molar-refractivity contribution in [1.29, 1.82) is 0 Å². The van der Waals surface area contributed by atoms with E-state index in [0.29, 0.717) is 12.8 Å². The second-order valence-corrected chi connectivity index (χ2v) is 4.98. The zero-order valence-corrected chi connectivity index (χ0v) is 10.7. The number of carboxylic acids is 2. The topological polar surface area (TPSA) is 130 Å². The molecule has 1 fully saturated rings. The number of carbonyl (C=O) groups excluding carboxylic acids is 1. The maximum atomic E-state index is 11.8. The van der Waals surface area contributed by atoms with Crippen molar-refractivity contribution < 1.29 is 24.6 Å². The van der Waals surface area contributed by atoms with Crippen LogP contribution in [-0.4, -0.2) is 39.6 Å². The van der Waals surface area contributed by atoms with Crippen molar-refractivity contribution in [2.45, 2.75) is 56.5 Å². The lowest BCUT2D eigenvalue weighted by molar-refractivity contribution is -0.149. The Morgan fingerprint density at radius 1 is 1.16 bits per heavy atom. The van der Waals surface area contributed by atoms with Gasteiger partial charge in [0, 0.05) is 6.42 Å². The third-order valence-corrected chi connectivity index (χ3v) is 3.48. The van der Waals surface area contributed by atoms with Crippen molar-refractivity contribution in [2.24, 2.45) is 5.73 Å². The number of carboxylic acid groups (broad SMARTS) is 2. The minimum Gasteiger partial charge on any atom is -0.481 e. The zero-order valence-electron chi connectivity index (χ0n) is 10.7. The Kier molecular flexibility index (Phi) is 5.29. The molecule has 7 nitrogen and oxygen atoms in total. The Bertz CT molecular complexity index is 363. The van der Waals surface area contributed by atoms with Gasteiger partial charge in [0.05, 0.1) is 6.04 Å². The SMILES string of the molecule is NC(CCC(=O)O)C(=O)NC1(C(=O)O)CCCCC1. The highest BCUT2D eigenvalue weighted by Gasteiger charge is 2.41. The molecule has 0 saturated heterocycles. The van der Waals surface area contributed by atoms with E-state index in [-0.39, 0.29) is 12.8 Å². The fourth-order valence-corrected chi connectivity index (χ4v) is 2.29. The maximum absolute atomic E-state index is 11.8. The fourth-order valence-electron chi connectivity index (χ4n) is 2.29. The number of nitrogens with one attached hydrogen (secondary N) is 1. The maximum Gasteiger partial charge on any atom is 0.329 e. The third kappa shape index (κ3) is 4.20. The summed E-state index contributed by atoms with van der Waals surface area (Å²) in [7, 11) is 0. The summed E-state index contributed by atoms with van der Waals surface area (Å²) in [5, 5.41) is 20.3. The number of carbonyl (C=O) groups is 3. The molecule has 1 aliphatic rings. The van der Waals surface area contributed by atoms with Gasteiger partial charge in [0.25, 0.3) is 0 Å². The van der Waals surface area contributed by atoms with Crippen molar-refractivity contribution in [3.63, 3.8) is 0 Å². The van der Waals surface area contributed by atoms with E-state index in [9.17, 15) is 19.5 Å². The molecule has 1 saturated carbocycles. The molecule has 0 aromatic heterocycles. The third-order valence-electron chi connectivity index (χ3n) is 3.48. The first-order valence-electron chi connectivity index (χ1n) is 6.40. The molecule has 0 bridgehead atoms. The van der Waals surface area contributed by atoms with Crippen LogP contribution in [0.15, 0.2) is 0 Å². The second-order valence-electron chi connectivity index (χ2n) is 4.98. The fraction of sp³-hybridized carbons (Fsp3) is 0.750. The van der Waals surface area contributed by atoms with Crippen LogP contribution in [0, 0.1) is 0 Å². The van der Waals surface area contributed by atoms with Gasteiger partial charge in [0.2, 0.25) is 5.91 Å². The number of hydrogen-bond donors (Lipinski definition) is 4. The smallest absolute Gasteiger partial charge is 0.329 e. The second kappa shape index (κ2) is 6.51.